The highest BCUT2D eigenvalue weighted by atomic mass is 32.1. The quantitative estimate of drug-likeness (QED) is 0.833. The smallest absolute Gasteiger partial charge is 0.392 e. The van der Waals surface area contributed by atoms with Gasteiger partial charge in [0.25, 0.3) is 0 Å². The standard InChI is InChI=1S/C10H10F3NOS/c11-10(12,13)5-6-15-8-3-1-7(2-4-8)9(14)16/h1-4H,5-6H2,(H2,14,16). The minimum Gasteiger partial charge on any atom is -0.493 e. The molecular weight excluding hydrogens is 239 g/mol. The third-order valence-electron chi connectivity index (χ3n) is 1.79. The molecule has 2 N–H and O–H groups in total. The third kappa shape index (κ3) is 4.48. The number of halogens is 3. The lowest BCUT2D eigenvalue weighted by Gasteiger charge is -2.08. The molecule has 0 aliphatic heterocycles. The summed E-state index contributed by atoms with van der Waals surface area (Å²) in [4.78, 5) is 0.238. The Morgan fingerprint density at radius 1 is 1.25 bits per heavy atom. The first-order valence-corrected chi connectivity index (χ1v) is 4.89. The number of thiocarbonyl (C=S) groups is 1. The molecule has 0 aliphatic carbocycles. The van der Waals surface area contributed by atoms with E-state index in [9.17, 15) is 13.2 Å². The Morgan fingerprint density at radius 3 is 2.25 bits per heavy atom. The van der Waals surface area contributed by atoms with Crippen molar-refractivity contribution in [3.8, 4) is 5.75 Å². The van der Waals surface area contributed by atoms with Gasteiger partial charge in [0.05, 0.1) is 13.0 Å². The second-order valence-corrected chi connectivity index (χ2v) is 3.54. The summed E-state index contributed by atoms with van der Waals surface area (Å²) in [6.07, 6.45) is -5.16. The minimum absolute atomic E-state index is 0.238. The summed E-state index contributed by atoms with van der Waals surface area (Å²) >= 11 is 4.73. The van der Waals surface area contributed by atoms with Crippen LogP contribution in [-0.4, -0.2) is 17.8 Å². The molecule has 0 aromatic heterocycles. The molecule has 6 heteroatoms. The number of benzene rings is 1. The fraction of sp³-hybridized carbons (Fsp3) is 0.300. The Bertz CT molecular complexity index is 361. The highest BCUT2D eigenvalue weighted by Gasteiger charge is 2.26. The number of nitrogens with two attached hydrogens (primary N) is 1. The zero-order valence-electron chi connectivity index (χ0n) is 8.25. The summed E-state index contributed by atoms with van der Waals surface area (Å²) in [5.41, 5.74) is 6.01. The largest absolute Gasteiger partial charge is 0.493 e. The fourth-order valence-electron chi connectivity index (χ4n) is 1.00. The van der Waals surface area contributed by atoms with E-state index in [-0.39, 0.29) is 4.99 Å². The van der Waals surface area contributed by atoms with Gasteiger partial charge in [-0.05, 0) is 24.3 Å². The van der Waals surface area contributed by atoms with Crippen molar-refractivity contribution < 1.29 is 17.9 Å². The summed E-state index contributed by atoms with van der Waals surface area (Å²) in [5, 5.41) is 0. The number of ether oxygens (including phenoxy) is 1. The average Bonchev–Trinajstić information content (AvgIpc) is 2.16. The van der Waals surface area contributed by atoms with E-state index in [2.05, 4.69) is 0 Å². The topological polar surface area (TPSA) is 35.2 Å². The van der Waals surface area contributed by atoms with Crippen molar-refractivity contribution in [2.45, 2.75) is 12.6 Å². The van der Waals surface area contributed by atoms with Crippen molar-refractivity contribution in [1.82, 2.24) is 0 Å². The predicted molar refractivity (Wildman–Crippen MR) is 58.5 cm³/mol. The molecule has 0 aliphatic rings. The summed E-state index contributed by atoms with van der Waals surface area (Å²) in [7, 11) is 0. The van der Waals surface area contributed by atoms with Gasteiger partial charge in [0.1, 0.15) is 10.7 Å². The van der Waals surface area contributed by atoms with Crippen LogP contribution in [0.4, 0.5) is 13.2 Å². The van der Waals surface area contributed by atoms with E-state index in [0.717, 1.165) is 0 Å². The van der Waals surface area contributed by atoms with Crippen molar-refractivity contribution in [2.75, 3.05) is 6.61 Å². The van der Waals surface area contributed by atoms with Crippen LogP contribution in [0, 0.1) is 0 Å². The monoisotopic (exact) mass is 249 g/mol. The fourth-order valence-corrected chi connectivity index (χ4v) is 1.14. The minimum atomic E-state index is -4.20. The van der Waals surface area contributed by atoms with Gasteiger partial charge >= 0.3 is 6.18 Å². The van der Waals surface area contributed by atoms with Crippen LogP contribution in [0.3, 0.4) is 0 Å². The van der Waals surface area contributed by atoms with Crippen LogP contribution < -0.4 is 10.5 Å². The van der Waals surface area contributed by atoms with Crippen LogP contribution in [0.15, 0.2) is 24.3 Å². The Kier molecular flexibility index (Phi) is 4.12. The van der Waals surface area contributed by atoms with E-state index in [1.807, 2.05) is 0 Å². The Hall–Kier alpha value is -1.30. The third-order valence-corrected chi connectivity index (χ3v) is 2.03. The van der Waals surface area contributed by atoms with Gasteiger partial charge in [-0.25, -0.2) is 0 Å². The average molecular weight is 249 g/mol. The molecule has 16 heavy (non-hydrogen) atoms. The Labute approximate surface area is 96.2 Å². The zero-order chi connectivity index (χ0) is 12.2. The maximum absolute atomic E-state index is 11.8. The van der Waals surface area contributed by atoms with Crippen LogP contribution in [0.25, 0.3) is 0 Å². The van der Waals surface area contributed by atoms with E-state index in [1.165, 1.54) is 12.1 Å². The first-order chi connectivity index (χ1) is 7.38. The summed E-state index contributed by atoms with van der Waals surface area (Å²) in [6, 6.07) is 6.27. The van der Waals surface area contributed by atoms with Crippen molar-refractivity contribution in [3.63, 3.8) is 0 Å². The van der Waals surface area contributed by atoms with Crippen LogP contribution >= 0.6 is 12.2 Å². The van der Waals surface area contributed by atoms with Crippen LogP contribution in [0.2, 0.25) is 0 Å². The van der Waals surface area contributed by atoms with Crippen molar-refractivity contribution in [2.24, 2.45) is 5.73 Å². The predicted octanol–water partition coefficient (Wildman–Crippen LogP) is 2.65. The molecule has 0 unspecified atom stereocenters. The molecule has 88 valence electrons. The van der Waals surface area contributed by atoms with Crippen LogP contribution in [0.5, 0.6) is 5.75 Å². The highest BCUT2D eigenvalue weighted by Crippen LogP contribution is 2.20. The van der Waals surface area contributed by atoms with E-state index >= 15 is 0 Å². The van der Waals surface area contributed by atoms with Gasteiger partial charge in [-0.1, -0.05) is 12.2 Å². The van der Waals surface area contributed by atoms with Gasteiger partial charge in [-0.15, -0.1) is 0 Å². The molecule has 0 atom stereocenters. The zero-order valence-corrected chi connectivity index (χ0v) is 9.07. The molecule has 0 saturated heterocycles. The lowest BCUT2D eigenvalue weighted by Crippen LogP contribution is -2.13. The lowest BCUT2D eigenvalue weighted by atomic mass is 10.2. The van der Waals surface area contributed by atoms with Gasteiger partial charge in [0, 0.05) is 5.56 Å². The Morgan fingerprint density at radius 2 is 1.81 bits per heavy atom. The SMILES string of the molecule is NC(=S)c1ccc(OCCC(F)(F)F)cc1. The van der Waals surface area contributed by atoms with E-state index < -0.39 is 19.2 Å². The maximum atomic E-state index is 11.8. The van der Waals surface area contributed by atoms with E-state index in [1.54, 1.807) is 12.1 Å². The second-order valence-electron chi connectivity index (χ2n) is 3.10. The molecule has 1 rings (SSSR count). The molecule has 1 aromatic rings. The molecule has 0 bridgehead atoms. The maximum Gasteiger partial charge on any atom is 0.392 e. The number of hydrogen-bond acceptors (Lipinski definition) is 2. The number of hydrogen-bond donors (Lipinski definition) is 1. The summed E-state index contributed by atoms with van der Waals surface area (Å²) in [5.74, 6) is 0.365. The van der Waals surface area contributed by atoms with Gasteiger partial charge in [0.15, 0.2) is 0 Å². The number of rotatable bonds is 4. The molecule has 0 radical (unpaired) electrons. The van der Waals surface area contributed by atoms with Crippen molar-refractivity contribution in [1.29, 1.82) is 0 Å². The lowest BCUT2D eigenvalue weighted by molar-refractivity contribution is -0.139. The van der Waals surface area contributed by atoms with Crippen molar-refractivity contribution in [3.05, 3.63) is 29.8 Å². The molecule has 1 aromatic carbocycles. The van der Waals surface area contributed by atoms with Gasteiger partial charge < -0.3 is 10.5 Å². The highest BCUT2D eigenvalue weighted by molar-refractivity contribution is 7.80. The molecule has 0 amide bonds. The molecule has 0 saturated carbocycles. The Balaban J connectivity index is 2.47. The van der Waals surface area contributed by atoms with E-state index in [0.29, 0.717) is 11.3 Å². The summed E-state index contributed by atoms with van der Waals surface area (Å²) < 4.78 is 40.4. The van der Waals surface area contributed by atoms with Crippen LogP contribution in [0.1, 0.15) is 12.0 Å². The molecule has 0 spiro atoms. The number of alkyl halides is 3. The van der Waals surface area contributed by atoms with Gasteiger partial charge in [0.2, 0.25) is 0 Å². The molecule has 0 fully saturated rings. The van der Waals surface area contributed by atoms with Gasteiger partial charge in [-0.2, -0.15) is 13.2 Å². The van der Waals surface area contributed by atoms with E-state index in [4.69, 9.17) is 22.7 Å². The second kappa shape index (κ2) is 5.16. The first-order valence-electron chi connectivity index (χ1n) is 4.48. The van der Waals surface area contributed by atoms with Crippen molar-refractivity contribution >= 4 is 17.2 Å². The summed E-state index contributed by atoms with van der Waals surface area (Å²) in [6.45, 7) is -0.393. The first kappa shape index (κ1) is 12.8. The molecule has 0 heterocycles. The van der Waals surface area contributed by atoms with Crippen LogP contribution in [-0.2, 0) is 0 Å². The molecular formula is C10H10F3NOS. The van der Waals surface area contributed by atoms with Gasteiger partial charge in [-0.3, -0.25) is 0 Å². The normalized spacial score (nSPS) is 11.2. The molecule has 2 nitrogen and oxygen atoms in total.